The zero-order valence-corrected chi connectivity index (χ0v) is 18.1. The number of aromatic carboxylic acids is 1. The van der Waals surface area contributed by atoms with E-state index in [1.54, 1.807) is 0 Å². The van der Waals surface area contributed by atoms with Crippen LogP contribution in [0.2, 0.25) is 0 Å². The van der Waals surface area contributed by atoms with Crippen molar-refractivity contribution in [1.82, 2.24) is 9.97 Å². The largest absolute Gasteiger partial charge is 0.478 e. The molecule has 0 saturated carbocycles. The maximum Gasteiger partial charge on any atom is 0.338 e. The summed E-state index contributed by atoms with van der Waals surface area (Å²) in [6.45, 7) is 15.8. The van der Waals surface area contributed by atoms with E-state index in [9.17, 15) is 4.79 Å². The Morgan fingerprint density at radius 2 is 1.70 bits per heavy atom. The molecule has 146 valence electrons. The van der Waals surface area contributed by atoms with Crippen molar-refractivity contribution < 1.29 is 9.90 Å². The number of hydrogen-bond donors (Lipinski definition) is 1. The van der Waals surface area contributed by atoms with Crippen LogP contribution in [0.25, 0.3) is 0 Å². The highest BCUT2D eigenvalue weighted by Gasteiger charge is 2.41. The third-order valence-corrected chi connectivity index (χ3v) is 7.28. The highest BCUT2D eigenvalue weighted by Crippen LogP contribution is 2.54. The summed E-state index contributed by atoms with van der Waals surface area (Å²) in [6.07, 6.45) is 5.13. The molecule has 1 aliphatic rings. The molecule has 1 aliphatic carbocycles. The van der Waals surface area contributed by atoms with Crippen molar-refractivity contribution in [2.45, 2.75) is 78.2 Å². The van der Waals surface area contributed by atoms with E-state index < -0.39 is 5.97 Å². The normalized spacial score (nSPS) is 17.6. The number of rotatable bonds is 4. The van der Waals surface area contributed by atoms with E-state index in [1.165, 1.54) is 46.2 Å². The van der Waals surface area contributed by atoms with Gasteiger partial charge < -0.3 is 5.11 Å². The average molecular weight is 388 g/mol. The van der Waals surface area contributed by atoms with Crippen molar-refractivity contribution in [1.29, 1.82) is 0 Å². The van der Waals surface area contributed by atoms with Crippen LogP contribution in [0.3, 0.4) is 0 Å². The summed E-state index contributed by atoms with van der Waals surface area (Å²) in [6, 6.07) is 0.158. The second-order valence-electron chi connectivity index (χ2n) is 9.04. The Labute approximate surface area is 165 Å². The van der Waals surface area contributed by atoms with Crippen LogP contribution in [0.5, 0.6) is 0 Å². The number of fused-ring (bicyclic) bond motifs is 1. The fourth-order valence-electron chi connectivity index (χ4n) is 4.00. The Hall–Kier alpha value is -1.95. The van der Waals surface area contributed by atoms with E-state index in [0.29, 0.717) is 5.95 Å². The zero-order valence-electron chi connectivity index (χ0n) is 17.3. The number of thiophene rings is 1. The van der Waals surface area contributed by atoms with Gasteiger partial charge in [0, 0.05) is 23.3 Å². The van der Waals surface area contributed by atoms with E-state index >= 15 is 0 Å². The predicted octanol–water partition coefficient (Wildman–Crippen LogP) is 5.44. The van der Waals surface area contributed by atoms with Gasteiger partial charge in [-0.3, -0.25) is 4.90 Å². The first-order valence-electron chi connectivity index (χ1n) is 9.44. The van der Waals surface area contributed by atoms with Crippen LogP contribution in [-0.4, -0.2) is 27.1 Å². The van der Waals surface area contributed by atoms with Crippen LogP contribution in [-0.2, 0) is 10.8 Å². The van der Waals surface area contributed by atoms with Crippen LogP contribution < -0.4 is 4.90 Å². The van der Waals surface area contributed by atoms with Gasteiger partial charge in [0.25, 0.3) is 0 Å². The molecular formula is C21H29N3O2S. The number of anilines is 2. The molecule has 0 fully saturated rings. The molecular weight excluding hydrogens is 358 g/mol. The number of carbonyl (C=O) groups is 1. The standard InChI is InChI=1S/C21H29N3O2S/c1-12(2)24(19-22-10-14(11-23-19)18(25)26)17-13(3)15-16(27-17)21(6,7)9-8-20(15,4)5/h10-12H,8-9H2,1-7H3,(H,25,26). The van der Waals surface area contributed by atoms with Crippen molar-refractivity contribution in [2.24, 2.45) is 0 Å². The summed E-state index contributed by atoms with van der Waals surface area (Å²) in [5.74, 6) is -0.462. The Balaban J connectivity index is 2.15. The third-order valence-electron chi connectivity index (χ3n) is 5.62. The monoisotopic (exact) mass is 387 g/mol. The average Bonchev–Trinajstić information content (AvgIpc) is 2.92. The fourth-order valence-corrected chi connectivity index (χ4v) is 5.75. The van der Waals surface area contributed by atoms with Crippen molar-refractivity contribution in [2.75, 3.05) is 4.90 Å². The van der Waals surface area contributed by atoms with E-state index in [4.69, 9.17) is 5.11 Å². The van der Waals surface area contributed by atoms with E-state index in [-0.39, 0.29) is 22.4 Å². The first kappa shape index (κ1) is 19.8. The molecule has 5 nitrogen and oxygen atoms in total. The fraction of sp³-hybridized carbons (Fsp3) is 0.571. The van der Waals surface area contributed by atoms with Gasteiger partial charge >= 0.3 is 5.97 Å². The molecule has 27 heavy (non-hydrogen) atoms. The number of carboxylic acids is 1. The number of aromatic nitrogens is 2. The smallest absolute Gasteiger partial charge is 0.338 e. The summed E-state index contributed by atoms with van der Waals surface area (Å²) in [5, 5.41) is 10.3. The lowest BCUT2D eigenvalue weighted by atomic mass is 9.66. The SMILES string of the molecule is Cc1c(N(c2ncc(C(=O)O)cn2)C(C)C)sc2c1C(C)(C)CCC2(C)C. The molecule has 3 rings (SSSR count). The van der Waals surface area contributed by atoms with Gasteiger partial charge in [0.1, 0.15) is 5.00 Å². The van der Waals surface area contributed by atoms with Gasteiger partial charge in [-0.1, -0.05) is 27.7 Å². The molecule has 0 radical (unpaired) electrons. The first-order valence-corrected chi connectivity index (χ1v) is 10.3. The lowest BCUT2D eigenvalue weighted by molar-refractivity contribution is 0.0696. The number of hydrogen-bond acceptors (Lipinski definition) is 5. The van der Waals surface area contributed by atoms with Crippen LogP contribution in [0, 0.1) is 6.92 Å². The van der Waals surface area contributed by atoms with E-state index in [1.807, 2.05) is 11.3 Å². The molecule has 1 N–H and O–H groups in total. The molecule has 0 unspecified atom stereocenters. The van der Waals surface area contributed by atoms with Crippen LogP contribution >= 0.6 is 11.3 Å². The Kier molecular flexibility index (Phi) is 4.83. The van der Waals surface area contributed by atoms with Crippen LogP contribution in [0.15, 0.2) is 12.4 Å². The summed E-state index contributed by atoms with van der Waals surface area (Å²) in [7, 11) is 0. The maximum absolute atomic E-state index is 11.1. The van der Waals surface area contributed by atoms with Gasteiger partial charge in [-0.15, -0.1) is 11.3 Å². The van der Waals surface area contributed by atoms with Gasteiger partial charge in [-0.25, -0.2) is 14.8 Å². The van der Waals surface area contributed by atoms with Gasteiger partial charge in [0.15, 0.2) is 0 Å². The van der Waals surface area contributed by atoms with Crippen LogP contribution in [0.4, 0.5) is 10.9 Å². The second kappa shape index (κ2) is 6.59. The van der Waals surface area contributed by atoms with Crippen molar-refractivity contribution in [3.8, 4) is 0 Å². The molecule has 0 saturated heterocycles. The highest BCUT2D eigenvalue weighted by molar-refractivity contribution is 7.16. The Morgan fingerprint density at radius 3 is 2.19 bits per heavy atom. The minimum absolute atomic E-state index is 0.104. The van der Waals surface area contributed by atoms with Gasteiger partial charge in [0.05, 0.1) is 5.56 Å². The molecule has 0 bridgehead atoms. The maximum atomic E-state index is 11.1. The summed E-state index contributed by atoms with van der Waals surface area (Å²) >= 11 is 1.84. The predicted molar refractivity (Wildman–Crippen MR) is 111 cm³/mol. The van der Waals surface area contributed by atoms with Gasteiger partial charge in [-0.05, 0) is 55.6 Å². The number of nitrogens with zero attached hydrogens (tertiary/aromatic N) is 3. The molecule has 2 aromatic heterocycles. The third kappa shape index (κ3) is 3.35. The lowest BCUT2D eigenvalue weighted by Crippen LogP contribution is -2.32. The van der Waals surface area contributed by atoms with E-state index in [2.05, 4.69) is 63.3 Å². The summed E-state index contributed by atoms with van der Waals surface area (Å²) in [4.78, 5) is 23.4. The second-order valence-corrected chi connectivity index (χ2v) is 10.0. The molecule has 0 aliphatic heterocycles. The lowest BCUT2D eigenvalue weighted by Gasteiger charge is -2.39. The van der Waals surface area contributed by atoms with Crippen molar-refractivity contribution in [3.63, 3.8) is 0 Å². The van der Waals surface area contributed by atoms with Crippen molar-refractivity contribution in [3.05, 3.63) is 34.0 Å². The molecule has 6 heteroatoms. The summed E-state index contributed by atoms with van der Waals surface area (Å²) in [5.41, 5.74) is 3.18. The molecule has 0 amide bonds. The molecule has 0 atom stereocenters. The van der Waals surface area contributed by atoms with Crippen molar-refractivity contribution >= 4 is 28.3 Å². The molecule has 2 aromatic rings. The first-order chi connectivity index (χ1) is 12.5. The van der Waals surface area contributed by atoms with Gasteiger partial charge in [0.2, 0.25) is 5.95 Å². The van der Waals surface area contributed by atoms with Gasteiger partial charge in [-0.2, -0.15) is 0 Å². The van der Waals surface area contributed by atoms with Crippen LogP contribution in [0.1, 0.15) is 80.7 Å². The number of carboxylic acid groups (broad SMARTS) is 1. The highest BCUT2D eigenvalue weighted by atomic mass is 32.1. The minimum atomic E-state index is -1.01. The quantitative estimate of drug-likeness (QED) is 0.756. The molecule has 0 aromatic carbocycles. The topological polar surface area (TPSA) is 66.3 Å². The Bertz CT molecular complexity index is 866. The van der Waals surface area contributed by atoms with E-state index in [0.717, 1.165) is 0 Å². The summed E-state index contributed by atoms with van der Waals surface area (Å²) < 4.78 is 0. The zero-order chi connectivity index (χ0) is 20.1. The molecule has 0 spiro atoms. The Morgan fingerprint density at radius 1 is 1.15 bits per heavy atom. The molecule has 2 heterocycles. The minimum Gasteiger partial charge on any atom is -0.478 e.